The first kappa shape index (κ1) is 13.7. The van der Waals surface area contributed by atoms with E-state index in [9.17, 15) is 0 Å². The predicted octanol–water partition coefficient (Wildman–Crippen LogP) is 2.12. The molecule has 0 aliphatic carbocycles. The van der Waals surface area contributed by atoms with Crippen molar-refractivity contribution in [3.63, 3.8) is 0 Å². The molecule has 0 atom stereocenters. The molecule has 1 aromatic carbocycles. The summed E-state index contributed by atoms with van der Waals surface area (Å²) in [6, 6.07) is 8.17. The zero-order valence-electron chi connectivity index (χ0n) is 12.5. The Morgan fingerprint density at radius 3 is 2.43 bits per heavy atom. The molecule has 1 fully saturated rings. The summed E-state index contributed by atoms with van der Waals surface area (Å²) in [5.41, 5.74) is 2.12. The number of hydrogen-bond donors (Lipinski definition) is 0. The maximum absolute atomic E-state index is 5.45. The molecule has 0 N–H and O–H groups in total. The normalized spacial score (nSPS) is 15.1. The highest BCUT2D eigenvalue weighted by atomic mass is 16.5. The second-order valence-corrected chi connectivity index (χ2v) is 5.16. The van der Waals surface area contributed by atoms with E-state index in [1.165, 1.54) is 0 Å². The fraction of sp³-hybridized carbons (Fsp3) is 0.375. The van der Waals surface area contributed by atoms with E-state index in [1.54, 1.807) is 13.3 Å². The number of anilines is 2. The summed E-state index contributed by atoms with van der Waals surface area (Å²) in [5, 5.41) is 0. The van der Waals surface area contributed by atoms with Crippen LogP contribution in [0, 0.1) is 6.92 Å². The van der Waals surface area contributed by atoms with Crippen molar-refractivity contribution >= 4 is 11.5 Å². The Balaban J connectivity index is 1.70. The first-order valence-electron chi connectivity index (χ1n) is 7.19. The van der Waals surface area contributed by atoms with Gasteiger partial charge in [-0.2, -0.15) is 0 Å². The van der Waals surface area contributed by atoms with Crippen molar-refractivity contribution in [1.82, 2.24) is 9.97 Å². The number of ether oxygens (including phenoxy) is 1. The molecule has 2 heterocycles. The third kappa shape index (κ3) is 2.91. The van der Waals surface area contributed by atoms with E-state index < -0.39 is 0 Å². The van der Waals surface area contributed by atoms with Crippen LogP contribution in [0.1, 0.15) is 5.69 Å². The maximum atomic E-state index is 5.45. The lowest BCUT2D eigenvalue weighted by molar-refractivity contribution is 0.413. The van der Waals surface area contributed by atoms with E-state index >= 15 is 0 Å². The number of aromatic nitrogens is 2. The van der Waals surface area contributed by atoms with Crippen LogP contribution in [0.15, 0.2) is 36.7 Å². The lowest BCUT2D eigenvalue weighted by atomic mass is 10.2. The van der Waals surface area contributed by atoms with Crippen LogP contribution in [-0.2, 0) is 0 Å². The molecule has 0 amide bonds. The number of para-hydroxylation sites is 2. The van der Waals surface area contributed by atoms with Gasteiger partial charge >= 0.3 is 0 Å². The van der Waals surface area contributed by atoms with Crippen LogP contribution < -0.4 is 14.5 Å². The van der Waals surface area contributed by atoms with E-state index in [-0.39, 0.29) is 0 Å². The van der Waals surface area contributed by atoms with Gasteiger partial charge in [0.1, 0.15) is 11.6 Å². The highest BCUT2D eigenvalue weighted by Gasteiger charge is 2.20. The Morgan fingerprint density at radius 1 is 1.00 bits per heavy atom. The molecule has 3 rings (SSSR count). The third-order valence-corrected chi connectivity index (χ3v) is 3.77. The highest BCUT2D eigenvalue weighted by molar-refractivity contribution is 5.59. The zero-order valence-corrected chi connectivity index (χ0v) is 12.5. The summed E-state index contributed by atoms with van der Waals surface area (Å²) in [7, 11) is 1.72. The Kier molecular flexibility index (Phi) is 3.90. The van der Waals surface area contributed by atoms with Gasteiger partial charge in [-0.3, -0.25) is 4.98 Å². The van der Waals surface area contributed by atoms with Crippen molar-refractivity contribution in [3.05, 3.63) is 42.4 Å². The largest absolute Gasteiger partial charge is 0.495 e. The van der Waals surface area contributed by atoms with Gasteiger partial charge in [-0.25, -0.2) is 4.98 Å². The van der Waals surface area contributed by atoms with Crippen LogP contribution in [0.25, 0.3) is 0 Å². The van der Waals surface area contributed by atoms with Crippen LogP contribution in [0.2, 0.25) is 0 Å². The van der Waals surface area contributed by atoms with E-state index in [4.69, 9.17) is 4.74 Å². The lowest BCUT2D eigenvalue weighted by Gasteiger charge is -2.37. The Labute approximate surface area is 125 Å². The molecule has 5 nitrogen and oxygen atoms in total. The molecule has 110 valence electrons. The molecule has 5 heteroatoms. The quantitative estimate of drug-likeness (QED) is 0.863. The molecule has 1 saturated heterocycles. The van der Waals surface area contributed by atoms with Crippen LogP contribution in [0.4, 0.5) is 11.5 Å². The number of hydrogen-bond acceptors (Lipinski definition) is 5. The number of methoxy groups -OCH3 is 1. The highest BCUT2D eigenvalue weighted by Crippen LogP contribution is 2.28. The number of rotatable bonds is 3. The van der Waals surface area contributed by atoms with Crippen LogP contribution in [0.5, 0.6) is 5.75 Å². The summed E-state index contributed by atoms with van der Waals surface area (Å²) >= 11 is 0. The van der Waals surface area contributed by atoms with Crippen LogP contribution in [0.3, 0.4) is 0 Å². The predicted molar refractivity (Wildman–Crippen MR) is 84.2 cm³/mol. The van der Waals surface area contributed by atoms with Crippen molar-refractivity contribution in [2.24, 2.45) is 0 Å². The number of aryl methyl sites for hydroxylation is 1. The molecule has 21 heavy (non-hydrogen) atoms. The van der Waals surface area contributed by atoms with Gasteiger partial charge in [0.25, 0.3) is 0 Å². The minimum Gasteiger partial charge on any atom is -0.495 e. The molecule has 1 aliphatic heterocycles. The van der Waals surface area contributed by atoms with Crippen molar-refractivity contribution in [2.75, 3.05) is 43.1 Å². The van der Waals surface area contributed by atoms with Crippen LogP contribution >= 0.6 is 0 Å². The SMILES string of the molecule is COc1ccccc1N1CCN(c2cncc(C)n2)CC1. The Bertz CT molecular complexity index is 609. The van der Waals surface area contributed by atoms with Gasteiger partial charge in [0, 0.05) is 32.4 Å². The van der Waals surface area contributed by atoms with E-state index in [2.05, 4.69) is 31.9 Å². The third-order valence-electron chi connectivity index (χ3n) is 3.77. The molecular formula is C16H20N4O. The summed E-state index contributed by atoms with van der Waals surface area (Å²) < 4.78 is 5.45. The van der Waals surface area contributed by atoms with Gasteiger partial charge in [-0.05, 0) is 19.1 Å². The van der Waals surface area contributed by atoms with Crippen LogP contribution in [-0.4, -0.2) is 43.3 Å². The summed E-state index contributed by atoms with van der Waals surface area (Å²) in [5.74, 6) is 1.90. The van der Waals surface area contributed by atoms with Gasteiger partial charge < -0.3 is 14.5 Å². The molecule has 0 radical (unpaired) electrons. The molecule has 2 aromatic rings. The molecular weight excluding hydrogens is 264 g/mol. The minimum atomic E-state index is 0.932. The van der Waals surface area contributed by atoms with Gasteiger partial charge in [0.05, 0.1) is 24.7 Å². The topological polar surface area (TPSA) is 41.5 Å². The first-order chi connectivity index (χ1) is 10.3. The summed E-state index contributed by atoms with van der Waals surface area (Å²) in [6.07, 6.45) is 3.63. The van der Waals surface area contributed by atoms with E-state index in [0.717, 1.165) is 49.1 Å². The average molecular weight is 284 g/mol. The number of nitrogens with zero attached hydrogens (tertiary/aromatic N) is 4. The smallest absolute Gasteiger partial charge is 0.147 e. The zero-order chi connectivity index (χ0) is 14.7. The molecule has 1 aromatic heterocycles. The fourth-order valence-electron chi connectivity index (χ4n) is 2.67. The maximum Gasteiger partial charge on any atom is 0.147 e. The minimum absolute atomic E-state index is 0.932. The van der Waals surface area contributed by atoms with Gasteiger partial charge in [-0.15, -0.1) is 0 Å². The van der Waals surface area contributed by atoms with Gasteiger partial charge in [0.15, 0.2) is 0 Å². The van der Waals surface area contributed by atoms with E-state index in [0.29, 0.717) is 0 Å². The summed E-state index contributed by atoms with van der Waals surface area (Å²) in [4.78, 5) is 13.4. The molecule has 1 aliphatic rings. The number of benzene rings is 1. The monoisotopic (exact) mass is 284 g/mol. The van der Waals surface area contributed by atoms with E-state index in [1.807, 2.05) is 25.3 Å². The van der Waals surface area contributed by atoms with Gasteiger partial charge in [0.2, 0.25) is 0 Å². The molecule has 0 spiro atoms. The molecule has 0 saturated carbocycles. The standard InChI is InChI=1S/C16H20N4O/c1-13-11-17-12-16(18-13)20-9-7-19(8-10-20)14-5-3-4-6-15(14)21-2/h3-6,11-12H,7-10H2,1-2H3. The second-order valence-electron chi connectivity index (χ2n) is 5.16. The number of piperazine rings is 1. The van der Waals surface area contributed by atoms with Crippen molar-refractivity contribution < 1.29 is 4.74 Å². The first-order valence-corrected chi connectivity index (χ1v) is 7.19. The second kappa shape index (κ2) is 5.99. The Hall–Kier alpha value is -2.30. The molecule has 0 bridgehead atoms. The van der Waals surface area contributed by atoms with Crippen molar-refractivity contribution in [3.8, 4) is 5.75 Å². The van der Waals surface area contributed by atoms with Gasteiger partial charge in [-0.1, -0.05) is 12.1 Å². The lowest BCUT2D eigenvalue weighted by Crippen LogP contribution is -2.47. The van der Waals surface area contributed by atoms with Crippen molar-refractivity contribution in [1.29, 1.82) is 0 Å². The summed E-state index contributed by atoms with van der Waals surface area (Å²) in [6.45, 7) is 5.76. The Morgan fingerprint density at radius 2 is 1.71 bits per heavy atom. The van der Waals surface area contributed by atoms with Crippen molar-refractivity contribution in [2.45, 2.75) is 6.92 Å². The average Bonchev–Trinajstić information content (AvgIpc) is 2.55. The fourth-order valence-corrected chi connectivity index (χ4v) is 2.67. The molecule has 0 unspecified atom stereocenters.